The molecule has 128 valence electrons. The van der Waals surface area contributed by atoms with Gasteiger partial charge in [-0.3, -0.25) is 4.98 Å². The molecule has 0 aromatic carbocycles. The molecular weight excluding hydrogens is 316 g/mol. The van der Waals surface area contributed by atoms with Crippen molar-refractivity contribution in [2.75, 3.05) is 19.3 Å². The molecule has 2 amide bonds. The van der Waals surface area contributed by atoms with Crippen LogP contribution in [0, 0.1) is 0 Å². The molecule has 2 rings (SSSR count). The number of aromatic nitrogens is 1. The summed E-state index contributed by atoms with van der Waals surface area (Å²) in [5.41, 5.74) is 0.934. The van der Waals surface area contributed by atoms with Crippen LogP contribution in [0.15, 0.2) is 24.5 Å². The summed E-state index contributed by atoms with van der Waals surface area (Å²) in [4.78, 5) is 18.3. The van der Waals surface area contributed by atoms with Gasteiger partial charge in [-0.25, -0.2) is 17.9 Å². The number of likely N-dealkylation sites (tertiary alicyclic amines) is 1. The number of pyridine rings is 1. The molecule has 2 unspecified atom stereocenters. The Morgan fingerprint density at radius 1 is 1.48 bits per heavy atom. The summed E-state index contributed by atoms with van der Waals surface area (Å²) < 4.78 is 25.1. The lowest BCUT2D eigenvalue weighted by Crippen LogP contribution is -2.53. The number of hydrogen-bond donors (Lipinski definition) is 2. The first-order valence-corrected chi connectivity index (χ1v) is 9.67. The summed E-state index contributed by atoms with van der Waals surface area (Å²) in [6, 6.07) is 3.32. The van der Waals surface area contributed by atoms with Crippen LogP contribution in [0.4, 0.5) is 4.79 Å². The van der Waals surface area contributed by atoms with Gasteiger partial charge in [-0.2, -0.15) is 0 Å². The summed E-state index contributed by atoms with van der Waals surface area (Å²) in [6.07, 6.45) is 7.28. The van der Waals surface area contributed by atoms with Gasteiger partial charge in [0, 0.05) is 31.5 Å². The number of nitrogens with zero attached hydrogens (tertiary/aromatic N) is 2. The maximum absolute atomic E-state index is 12.5. The van der Waals surface area contributed by atoms with Crippen LogP contribution in [0.2, 0.25) is 0 Å². The quantitative estimate of drug-likeness (QED) is 0.844. The maximum atomic E-state index is 12.5. The van der Waals surface area contributed by atoms with Crippen LogP contribution in [0.3, 0.4) is 0 Å². The molecule has 1 fully saturated rings. The summed E-state index contributed by atoms with van der Waals surface area (Å²) in [5, 5.41) is 2.96. The molecule has 2 N–H and O–H groups in total. The van der Waals surface area contributed by atoms with E-state index in [-0.39, 0.29) is 24.7 Å². The molecule has 1 aromatic heterocycles. The Hall–Kier alpha value is -1.67. The molecule has 0 aliphatic carbocycles. The number of nitrogens with one attached hydrogen (secondary N) is 2. The first-order chi connectivity index (χ1) is 10.9. The molecule has 7 nitrogen and oxygen atoms in total. The normalized spacial score (nSPS) is 20.1. The van der Waals surface area contributed by atoms with E-state index >= 15 is 0 Å². The van der Waals surface area contributed by atoms with Crippen LogP contribution in [-0.4, -0.2) is 49.7 Å². The van der Waals surface area contributed by atoms with Gasteiger partial charge in [0.05, 0.1) is 12.3 Å². The van der Waals surface area contributed by atoms with Crippen LogP contribution < -0.4 is 10.0 Å². The van der Waals surface area contributed by atoms with Crippen LogP contribution in [0.1, 0.15) is 37.8 Å². The topological polar surface area (TPSA) is 91.4 Å². The van der Waals surface area contributed by atoms with E-state index in [1.807, 2.05) is 19.1 Å². The van der Waals surface area contributed by atoms with Gasteiger partial charge in [-0.1, -0.05) is 6.07 Å². The number of carbonyl (C=O) groups is 1. The highest BCUT2D eigenvalue weighted by Gasteiger charge is 2.28. The van der Waals surface area contributed by atoms with E-state index in [1.165, 1.54) is 0 Å². The minimum Gasteiger partial charge on any atom is -0.331 e. The van der Waals surface area contributed by atoms with Crippen molar-refractivity contribution in [3.8, 4) is 0 Å². The first-order valence-electron chi connectivity index (χ1n) is 7.78. The molecule has 2 heterocycles. The van der Waals surface area contributed by atoms with Crippen LogP contribution >= 0.6 is 0 Å². The molecule has 8 heteroatoms. The van der Waals surface area contributed by atoms with Crippen molar-refractivity contribution in [3.63, 3.8) is 0 Å². The largest absolute Gasteiger partial charge is 0.331 e. The Balaban J connectivity index is 1.97. The third-order valence-electron chi connectivity index (χ3n) is 3.99. The number of amides is 2. The molecular formula is C15H24N4O3S. The van der Waals surface area contributed by atoms with Gasteiger partial charge in [0.1, 0.15) is 0 Å². The van der Waals surface area contributed by atoms with Gasteiger partial charge in [0.25, 0.3) is 0 Å². The smallest absolute Gasteiger partial charge is 0.318 e. The van der Waals surface area contributed by atoms with Gasteiger partial charge in [0.2, 0.25) is 10.0 Å². The third kappa shape index (κ3) is 5.47. The SMILES string of the molecule is CC(NC(=O)N1CCCCC1CNS(C)(=O)=O)c1cccnc1. The molecule has 23 heavy (non-hydrogen) atoms. The van der Waals surface area contributed by atoms with E-state index < -0.39 is 10.0 Å². The van der Waals surface area contributed by atoms with Gasteiger partial charge in [-0.05, 0) is 37.8 Å². The number of piperidine rings is 1. The lowest BCUT2D eigenvalue weighted by Gasteiger charge is -2.36. The third-order valence-corrected chi connectivity index (χ3v) is 4.68. The summed E-state index contributed by atoms with van der Waals surface area (Å²) in [6.45, 7) is 2.80. The predicted octanol–water partition coefficient (Wildman–Crippen LogP) is 1.26. The fraction of sp³-hybridized carbons (Fsp3) is 0.600. The maximum Gasteiger partial charge on any atom is 0.318 e. The fourth-order valence-corrected chi connectivity index (χ4v) is 3.21. The van der Waals surface area contributed by atoms with E-state index in [9.17, 15) is 13.2 Å². The van der Waals surface area contributed by atoms with E-state index in [1.54, 1.807) is 17.3 Å². The highest BCUT2D eigenvalue weighted by molar-refractivity contribution is 7.88. The lowest BCUT2D eigenvalue weighted by molar-refractivity contribution is 0.149. The lowest BCUT2D eigenvalue weighted by atomic mass is 10.0. The second-order valence-electron chi connectivity index (χ2n) is 5.92. The summed E-state index contributed by atoms with van der Waals surface area (Å²) in [7, 11) is -3.26. The second-order valence-corrected chi connectivity index (χ2v) is 7.75. The zero-order chi connectivity index (χ0) is 16.9. The molecule has 0 spiro atoms. The zero-order valence-corrected chi connectivity index (χ0v) is 14.3. The Kier molecular flexibility index (Phi) is 5.95. The van der Waals surface area contributed by atoms with Crippen molar-refractivity contribution in [1.29, 1.82) is 0 Å². The molecule has 1 aliphatic rings. The Morgan fingerprint density at radius 3 is 2.91 bits per heavy atom. The van der Waals surface area contributed by atoms with Crippen LogP contribution in [-0.2, 0) is 10.0 Å². The number of sulfonamides is 1. The van der Waals surface area contributed by atoms with Crippen LogP contribution in [0.25, 0.3) is 0 Å². The van der Waals surface area contributed by atoms with E-state index in [2.05, 4.69) is 15.0 Å². The Bertz CT molecular complexity index is 621. The van der Waals surface area contributed by atoms with Crippen molar-refractivity contribution < 1.29 is 13.2 Å². The van der Waals surface area contributed by atoms with Crippen molar-refractivity contribution in [1.82, 2.24) is 19.9 Å². The molecule has 1 aromatic rings. The van der Waals surface area contributed by atoms with E-state index in [0.717, 1.165) is 31.1 Å². The van der Waals surface area contributed by atoms with Gasteiger partial charge >= 0.3 is 6.03 Å². The fourth-order valence-electron chi connectivity index (χ4n) is 2.71. The molecule has 2 atom stereocenters. The molecule has 0 radical (unpaired) electrons. The number of carbonyl (C=O) groups excluding carboxylic acids is 1. The van der Waals surface area contributed by atoms with Crippen molar-refractivity contribution in [2.45, 2.75) is 38.3 Å². The second kappa shape index (κ2) is 7.74. The summed E-state index contributed by atoms with van der Waals surface area (Å²) >= 11 is 0. The minimum atomic E-state index is -3.26. The van der Waals surface area contributed by atoms with Crippen molar-refractivity contribution >= 4 is 16.1 Å². The predicted molar refractivity (Wildman–Crippen MR) is 88.4 cm³/mol. The van der Waals surface area contributed by atoms with E-state index in [0.29, 0.717) is 6.54 Å². The minimum absolute atomic E-state index is 0.112. The van der Waals surface area contributed by atoms with Crippen molar-refractivity contribution in [2.24, 2.45) is 0 Å². The number of rotatable bonds is 5. The average Bonchev–Trinajstić information content (AvgIpc) is 2.53. The molecule has 1 saturated heterocycles. The highest BCUT2D eigenvalue weighted by atomic mass is 32.2. The number of hydrogen-bond acceptors (Lipinski definition) is 4. The van der Waals surface area contributed by atoms with Gasteiger partial charge < -0.3 is 10.2 Å². The Labute approximate surface area is 137 Å². The Morgan fingerprint density at radius 2 is 2.26 bits per heavy atom. The number of urea groups is 1. The molecule has 1 aliphatic heterocycles. The molecule has 0 bridgehead atoms. The van der Waals surface area contributed by atoms with E-state index in [4.69, 9.17) is 0 Å². The summed E-state index contributed by atoms with van der Waals surface area (Å²) in [5.74, 6) is 0. The standard InChI is InChI=1S/C15H24N4O3S/c1-12(13-6-5-8-16-10-13)18-15(20)19-9-4-3-7-14(19)11-17-23(2,21)22/h5-6,8,10,12,14,17H,3-4,7,9,11H2,1-2H3,(H,18,20). The van der Waals surface area contributed by atoms with Crippen LogP contribution in [0.5, 0.6) is 0 Å². The zero-order valence-electron chi connectivity index (χ0n) is 13.5. The van der Waals surface area contributed by atoms with Gasteiger partial charge in [0.15, 0.2) is 0 Å². The molecule has 0 saturated carbocycles. The highest BCUT2D eigenvalue weighted by Crippen LogP contribution is 2.18. The monoisotopic (exact) mass is 340 g/mol. The average molecular weight is 340 g/mol. The first kappa shape index (κ1) is 17.7. The van der Waals surface area contributed by atoms with Crippen molar-refractivity contribution in [3.05, 3.63) is 30.1 Å². The van der Waals surface area contributed by atoms with Gasteiger partial charge in [-0.15, -0.1) is 0 Å².